The minimum absolute atomic E-state index is 0.242. The van der Waals surface area contributed by atoms with Crippen LogP contribution >= 0.6 is 0 Å². The number of aromatic nitrogens is 1. The SMILES string of the molecule is CCN(CC)S(=O)(=O)c1ccc(CNC(=O)NCc2ccc(OCCOC)nc2)cc1. The number of sulfonamides is 1. The average molecular weight is 451 g/mol. The highest BCUT2D eigenvalue weighted by Crippen LogP contribution is 2.16. The minimum atomic E-state index is -3.49. The molecule has 0 atom stereocenters. The molecule has 0 saturated carbocycles. The summed E-state index contributed by atoms with van der Waals surface area (Å²) in [5.74, 6) is 0.497. The first-order valence-electron chi connectivity index (χ1n) is 10.1. The van der Waals surface area contributed by atoms with E-state index >= 15 is 0 Å². The lowest BCUT2D eigenvalue weighted by Crippen LogP contribution is -2.34. The zero-order valence-corrected chi connectivity index (χ0v) is 18.9. The van der Waals surface area contributed by atoms with Gasteiger partial charge in [-0.1, -0.05) is 32.0 Å². The Kier molecular flexibility index (Phi) is 9.70. The maximum Gasteiger partial charge on any atom is 0.315 e. The number of urea groups is 1. The van der Waals surface area contributed by atoms with E-state index in [9.17, 15) is 13.2 Å². The van der Waals surface area contributed by atoms with Gasteiger partial charge in [0.15, 0.2) is 0 Å². The van der Waals surface area contributed by atoms with Crippen molar-refractivity contribution >= 4 is 16.1 Å². The fraction of sp³-hybridized carbons (Fsp3) is 0.429. The van der Waals surface area contributed by atoms with Crippen LogP contribution < -0.4 is 15.4 Å². The molecule has 31 heavy (non-hydrogen) atoms. The summed E-state index contributed by atoms with van der Waals surface area (Å²) in [6.45, 7) is 5.95. The summed E-state index contributed by atoms with van der Waals surface area (Å²) in [4.78, 5) is 16.5. The van der Waals surface area contributed by atoms with Gasteiger partial charge < -0.3 is 20.1 Å². The van der Waals surface area contributed by atoms with Crippen molar-refractivity contribution in [1.29, 1.82) is 0 Å². The molecule has 0 radical (unpaired) electrons. The highest BCUT2D eigenvalue weighted by atomic mass is 32.2. The third-order valence-corrected chi connectivity index (χ3v) is 6.57. The van der Waals surface area contributed by atoms with Crippen LogP contribution in [0.4, 0.5) is 4.79 Å². The van der Waals surface area contributed by atoms with Gasteiger partial charge in [-0.05, 0) is 23.3 Å². The van der Waals surface area contributed by atoms with Crippen LogP contribution in [0.1, 0.15) is 25.0 Å². The van der Waals surface area contributed by atoms with Gasteiger partial charge >= 0.3 is 6.03 Å². The number of rotatable bonds is 12. The van der Waals surface area contributed by atoms with Crippen molar-refractivity contribution in [3.8, 4) is 5.88 Å². The van der Waals surface area contributed by atoms with E-state index in [0.717, 1.165) is 11.1 Å². The summed E-state index contributed by atoms with van der Waals surface area (Å²) in [5.41, 5.74) is 1.63. The van der Waals surface area contributed by atoms with Crippen LogP contribution in [0.3, 0.4) is 0 Å². The van der Waals surface area contributed by atoms with E-state index in [-0.39, 0.29) is 17.5 Å². The summed E-state index contributed by atoms with van der Waals surface area (Å²) in [7, 11) is -1.89. The van der Waals surface area contributed by atoms with Crippen molar-refractivity contribution in [1.82, 2.24) is 19.9 Å². The maximum absolute atomic E-state index is 12.5. The first kappa shape index (κ1) is 24.6. The standard InChI is InChI=1S/C21H30N4O5S/c1-4-25(5-2)31(27,28)19-9-6-17(7-10-19)14-23-21(26)24-16-18-8-11-20(22-15-18)30-13-12-29-3/h6-11,15H,4-5,12-14,16H2,1-3H3,(H2,23,24,26). The molecule has 1 heterocycles. The Labute approximate surface area is 183 Å². The zero-order chi connectivity index (χ0) is 22.7. The van der Waals surface area contributed by atoms with E-state index in [4.69, 9.17) is 9.47 Å². The van der Waals surface area contributed by atoms with Gasteiger partial charge in [0.25, 0.3) is 0 Å². The van der Waals surface area contributed by atoms with Crippen LogP contribution in [0.15, 0.2) is 47.5 Å². The number of methoxy groups -OCH3 is 1. The monoisotopic (exact) mass is 450 g/mol. The Morgan fingerprint density at radius 3 is 2.13 bits per heavy atom. The molecule has 0 bridgehead atoms. The van der Waals surface area contributed by atoms with Gasteiger partial charge in [0.1, 0.15) is 6.61 Å². The fourth-order valence-electron chi connectivity index (χ4n) is 2.75. The van der Waals surface area contributed by atoms with Gasteiger partial charge in [-0.3, -0.25) is 0 Å². The van der Waals surface area contributed by atoms with Gasteiger partial charge in [0, 0.05) is 45.6 Å². The van der Waals surface area contributed by atoms with Crippen molar-refractivity contribution in [3.05, 3.63) is 53.7 Å². The number of amides is 2. The smallest absolute Gasteiger partial charge is 0.315 e. The lowest BCUT2D eigenvalue weighted by molar-refractivity contribution is 0.143. The van der Waals surface area contributed by atoms with Crippen LogP contribution in [0.2, 0.25) is 0 Å². The highest BCUT2D eigenvalue weighted by Gasteiger charge is 2.21. The first-order valence-corrected chi connectivity index (χ1v) is 11.5. The van der Waals surface area contributed by atoms with Gasteiger partial charge in [-0.2, -0.15) is 4.31 Å². The van der Waals surface area contributed by atoms with Crippen LogP contribution in [-0.4, -0.2) is 57.2 Å². The molecule has 1 aromatic heterocycles. The first-order chi connectivity index (χ1) is 14.9. The van der Waals surface area contributed by atoms with Crippen molar-refractivity contribution in [2.45, 2.75) is 31.8 Å². The Bertz CT molecular complexity index is 914. The molecule has 0 saturated heterocycles. The van der Waals surface area contributed by atoms with E-state index in [0.29, 0.717) is 38.7 Å². The third-order valence-electron chi connectivity index (χ3n) is 4.51. The van der Waals surface area contributed by atoms with Crippen LogP contribution in [0, 0.1) is 0 Å². The highest BCUT2D eigenvalue weighted by molar-refractivity contribution is 7.89. The Morgan fingerprint density at radius 1 is 0.968 bits per heavy atom. The summed E-state index contributed by atoms with van der Waals surface area (Å²) >= 11 is 0. The maximum atomic E-state index is 12.5. The number of nitrogens with zero attached hydrogens (tertiary/aromatic N) is 2. The fourth-order valence-corrected chi connectivity index (χ4v) is 4.21. The molecule has 2 aromatic rings. The number of nitrogens with one attached hydrogen (secondary N) is 2. The molecule has 10 heteroatoms. The molecule has 0 aliphatic carbocycles. The summed E-state index contributed by atoms with van der Waals surface area (Å²) < 4.78 is 36.7. The molecule has 0 aliphatic rings. The second-order valence-corrected chi connectivity index (χ2v) is 8.55. The van der Waals surface area contributed by atoms with Gasteiger partial charge in [0.05, 0.1) is 11.5 Å². The van der Waals surface area contributed by atoms with E-state index in [1.54, 1.807) is 57.5 Å². The second-order valence-electron chi connectivity index (χ2n) is 6.62. The molecule has 1 aromatic carbocycles. The number of ether oxygens (including phenoxy) is 2. The minimum Gasteiger partial charge on any atom is -0.475 e. The molecule has 2 amide bonds. The molecule has 9 nitrogen and oxygen atoms in total. The normalized spacial score (nSPS) is 11.4. The van der Waals surface area contributed by atoms with Gasteiger partial charge in [-0.15, -0.1) is 0 Å². The van der Waals surface area contributed by atoms with Crippen molar-refractivity contribution in [2.75, 3.05) is 33.4 Å². The Hall–Kier alpha value is -2.69. The largest absolute Gasteiger partial charge is 0.475 e. The van der Waals surface area contributed by atoms with E-state index < -0.39 is 10.0 Å². The lowest BCUT2D eigenvalue weighted by atomic mass is 10.2. The number of carbonyl (C=O) groups is 1. The van der Waals surface area contributed by atoms with Crippen molar-refractivity contribution in [2.24, 2.45) is 0 Å². The van der Waals surface area contributed by atoms with E-state index in [1.807, 2.05) is 6.07 Å². The number of hydrogen-bond acceptors (Lipinski definition) is 6. The molecule has 170 valence electrons. The molecular formula is C21H30N4O5S. The molecule has 2 N–H and O–H groups in total. The molecule has 0 unspecified atom stereocenters. The Balaban J connectivity index is 1.80. The quantitative estimate of drug-likeness (QED) is 0.480. The molecule has 0 fully saturated rings. The number of pyridine rings is 1. The van der Waals surface area contributed by atoms with Crippen LogP contribution in [0.5, 0.6) is 5.88 Å². The molecule has 0 aliphatic heterocycles. The third kappa shape index (κ3) is 7.50. The number of benzene rings is 1. The summed E-state index contributed by atoms with van der Waals surface area (Å²) in [6, 6.07) is 9.74. The summed E-state index contributed by atoms with van der Waals surface area (Å²) in [5, 5.41) is 5.50. The van der Waals surface area contributed by atoms with Gasteiger partial charge in [-0.25, -0.2) is 18.2 Å². The predicted molar refractivity (Wildman–Crippen MR) is 117 cm³/mol. The topological polar surface area (TPSA) is 110 Å². The second kappa shape index (κ2) is 12.2. The number of hydrogen-bond donors (Lipinski definition) is 2. The van der Waals surface area contributed by atoms with Crippen molar-refractivity contribution in [3.63, 3.8) is 0 Å². The molecular weight excluding hydrogens is 420 g/mol. The van der Waals surface area contributed by atoms with Gasteiger partial charge in [0.2, 0.25) is 15.9 Å². The van der Waals surface area contributed by atoms with E-state index in [2.05, 4.69) is 15.6 Å². The zero-order valence-electron chi connectivity index (χ0n) is 18.1. The number of carbonyl (C=O) groups excluding carboxylic acids is 1. The van der Waals surface area contributed by atoms with Crippen molar-refractivity contribution < 1.29 is 22.7 Å². The average Bonchev–Trinajstić information content (AvgIpc) is 2.78. The Morgan fingerprint density at radius 2 is 1.58 bits per heavy atom. The van der Waals surface area contributed by atoms with Crippen LogP contribution in [-0.2, 0) is 27.8 Å². The van der Waals surface area contributed by atoms with E-state index in [1.165, 1.54) is 4.31 Å². The molecule has 2 rings (SSSR count). The molecule has 0 spiro atoms. The van der Waals surface area contributed by atoms with Crippen LogP contribution in [0.25, 0.3) is 0 Å². The summed E-state index contributed by atoms with van der Waals surface area (Å²) in [6.07, 6.45) is 1.64. The predicted octanol–water partition coefficient (Wildman–Crippen LogP) is 2.14. The lowest BCUT2D eigenvalue weighted by Gasteiger charge is -2.18.